The molecule has 3 heteroatoms. The summed E-state index contributed by atoms with van der Waals surface area (Å²) >= 11 is 0. The molecule has 0 heterocycles. The van der Waals surface area contributed by atoms with Crippen molar-refractivity contribution < 1.29 is 9.00 Å². The van der Waals surface area contributed by atoms with E-state index in [4.69, 9.17) is 0 Å². The number of hydrogen-bond acceptors (Lipinski definition) is 2. The number of carbonyl (C=O) groups excluding carboxylic acids is 1. The van der Waals surface area contributed by atoms with E-state index in [1.165, 1.54) is 25.7 Å². The molecule has 1 aliphatic carbocycles. The van der Waals surface area contributed by atoms with E-state index in [1.54, 1.807) is 0 Å². The first-order chi connectivity index (χ1) is 8.65. The number of hydrogen-bond donors (Lipinski definition) is 0. The van der Waals surface area contributed by atoms with E-state index < -0.39 is 10.8 Å². The molecule has 1 aliphatic rings. The lowest BCUT2D eigenvalue weighted by molar-refractivity contribution is 0.102. The molecule has 98 valence electrons. The van der Waals surface area contributed by atoms with Crippen molar-refractivity contribution in [2.24, 2.45) is 5.92 Å². The molecule has 0 N–H and O–H groups in total. The summed E-state index contributed by atoms with van der Waals surface area (Å²) in [6, 6.07) is 7.52. The molecule has 1 atom stereocenters. The normalized spacial score (nSPS) is 17.8. The van der Waals surface area contributed by atoms with E-state index in [2.05, 4.69) is 0 Å². The molecule has 0 aliphatic heterocycles. The summed E-state index contributed by atoms with van der Waals surface area (Å²) in [6.07, 6.45) is 4.89. The fraction of sp³-hybridized carbons (Fsp3) is 0.533. The van der Waals surface area contributed by atoms with Gasteiger partial charge in [0, 0.05) is 22.1 Å². The molecule has 18 heavy (non-hydrogen) atoms. The zero-order valence-electron chi connectivity index (χ0n) is 10.9. The van der Waals surface area contributed by atoms with Crippen molar-refractivity contribution in [3.63, 3.8) is 0 Å². The fourth-order valence-corrected chi connectivity index (χ4v) is 3.98. The van der Waals surface area contributed by atoms with Gasteiger partial charge in [-0.25, -0.2) is 0 Å². The average molecular weight is 264 g/mol. The number of rotatable bonds is 5. The first-order valence-electron chi connectivity index (χ1n) is 6.60. The average Bonchev–Trinajstić information content (AvgIpc) is 2.81. The smallest absolute Gasteiger partial charge is 0.175 e. The van der Waals surface area contributed by atoms with Crippen LogP contribution < -0.4 is 0 Å². The molecule has 0 spiro atoms. The molecule has 1 aromatic carbocycles. The zero-order valence-corrected chi connectivity index (χ0v) is 11.7. The summed E-state index contributed by atoms with van der Waals surface area (Å²) in [6.45, 7) is 1.96. The highest BCUT2D eigenvalue weighted by molar-refractivity contribution is 7.85. The van der Waals surface area contributed by atoms with Crippen LogP contribution in [0.1, 0.15) is 41.6 Å². The Morgan fingerprint density at radius 3 is 2.72 bits per heavy atom. The van der Waals surface area contributed by atoms with E-state index in [1.807, 2.05) is 31.2 Å². The Morgan fingerprint density at radius 1 is 1.33 bits per heavy atom. The molecular formula is C15H20O2S. The van der Waals surface area contributed by atoms with Gasteiger partial charge in [-0.05, 0) is 31.7 Å². The molecule has 0 bridgehead atoms. The largest absolute Gasteiger partial charge is 0.293 e. The van der Waals surface area contributed by atoms with Gasteiger partial charge in [0.1, 0.15) is 0 Å². The second-order valence-corrected chi connectivity index (χ2v) is 6.70. The summed E-state index contributed by atoms with van der Waals surface area (Å²) in [5.41, 5.74) is 1.76. The number of Topliss-reactive ketones (excluding diaryl/α,β-unsaturated/α-hetero) is 1. The standard InChI is InChI=1S/C15H20O2S/c1-12-5-4-8-14(9-12)15(16)11-18(17)10-13-6-2-3-7-13/h4-5,8-9,13H,2-3,6-7,10-11H2,1H3. The van der Waals surface area contributed by atoms with E-state index >= 15 is 0 Å². The van der Waals surface area contributed by atoms with Crippen LogP contribution in [0.15, 0.2) is 24.3 Å². The Balaban J connectivity index is 1.88. The topological polar surface area (TPSA) is 34.1 Å². The summed E-state index contributed by atoms with van der Waals surface area (Å²) < 4.78 is 12.0. The van der Waals surface area contributed by atoms with Gasteiger partial charge in [0.25, 0.3) is 0 Å². The summed E-state index contributed by atoms with van der Waals surface area (Å²) in [7, 11) is -0.997. The third kappa shape index (κ3) is 3.77. The Bertz CT molecular complexity index is 448. The van der Waals surface area contributed by atoms with Crippen LogP contribution in [-0.2, 0) is 10.8 Å². The fourth-order valence-electron chi connectivity index (χ4n) is 2.55. The van der Waals surface area contributed by atoms with Crippen LogP contribution in [0, 0.1) is 12.8 Å². The van der Waals surface area contributed by atoms with Gasteiger partial charge >= 0.3 is 0 Å². The molecule has 1 saturated carbocycles. The van der Waals surface area contributed by atoms with Gasteiger partial charge in [0.2, 0.25) is 0 Å². The molecule has 1 aromatic rings. The molecule has 0 amide bonds. The maximum atomic E-state index is 12.0. The van der Waals surface area contributed by atoms with Crippen LogP contribution in [0.25, 0.3) is 0 Å². The highest BCUT2D eigenvalue weighted by Crippen LogP contribution is 2.25. The van der Waals surface area contributed by atoms with Crippen LogP contribution in [0.2, 0.25) is 0 Å². The van der Waals surface area contributed by atoms with E-state index in [9.17, 15) is 9.00 Å². The number of benzene rings is 1. The van der Waals surface area contributed by atoms with Crippen molar-refractivity contribution in [2.75, 3.05) is 11.5 Å². The van der Waals surface area contributed by atoms with E-state index in [-0.39, 0.29) is 11.5 Å². The van der Waals surface area contributed by atoms with Crippen LogP contribution >= 0.6 is 0 Å². The number of aryl methyl sites for hydroxylation is 1. The van der Waals surface area contributed by atoms with Gasteiger partial charge < -0.3 is 0 Å². The van der Waals surface area contributed by atoms with Gasteiger partial charge in [-0.3, -0.25) is 9.00 Å². The number of ketones is 1. The molecule has 1 unspecified atom stereocenters. The van der Waals surface area contributed by atoms with Crippen molar-refractivity contribution in [3.05, 3.63) is 35.4 Å². The molecule has 0 aromatic heterocycles. The summed E-state index contributed by atoms with van der Waals surface area (Å²) in [5.74, 6) is 1.48. The van der Waals surface area contributed by atoms with Crippen molar-refractivity contribution in [1.29, 1.82) is 0 Å². The minimum atomic E-state index is -0.997. The Morgan fingerprint density at radius 2 is 2.06 bits per heavy atom. The molecule has 0 saturated heterocycles. The second kappa shape index (κ2) is 6.28. The lowest BCUT2D eigenvalue weighted by atomic mass is 10.1. The highest BCUT2D eigenvalue weighted by Gasteiger charge is 2.19. The predicted octanol–water partition coefficient (Wildman–Crippen LogP) is 3.12. The number of carbonyl (C=O) groups is 1. The lowest BCUT2D eigenvalue weighted by Crippen LogP contribution is -2.17. The van der Waals surface area contributed by atoms with E-state index in [0.29, 0.717) is 17.2 Å². The monoisotopic (exact) mass is 264 g/mol. The van der Waals surface area contributed by atoms with Crippen molar-refractivity contribution in [2.45, 2.75) is 32.6 Å². The van der Waals surface area contributed by atoms with E-state index in [0.717, 1.165) is 5.56 Å². The summed E-state index contributed by atoms with van der Waals surface area (Å²) in [5, 5.41) is 0. The highest BCUT2D eigenvalue weighted by atomic mass is 32.2. The van der Waals surface area contributed by atoms with Gasteiger partial charge in [0.15, 0.2) is 5.78 Å². The van der Waals surface area contributed by atoms with Crippen LogP contribution in [-0.4, -0.2) is 21.5 Å². The Hall–Kier alpha value is -0.960. The minimum Gasteiger partial charge on any atom is -0.293 e. The van der Waals surface area contributed by atoms with Gasteiger partial charge in [-0.1, -0.05) is 36.6 Å². The van der Waals surface area contributed by atoms with Crippen LogP contribution in [0.3, 0.4) is 0 Å². The van der Waals surface area contributed by atoms with Gasteiger partial charge in [0.05, 0.1) is 5.75 Å². The Kier molecular flexibility index (Phi) is 4.70. The summed E-state index contributed by atoms with van der Waals surface area (Å²) in [4.78, 5) is 12.0. The molecule has 2 nitrogen and oxygen atoms in total. The third-order valence-electron chi connectivity index (χ3n) is 3.53. The first kappa shape index (κ1) is 13.5. The second-order valence-electron chi connectivity index (χ2n) is 5.19. The molecule has 2 rings (SSSR count). The van der Waals surface area contributed by atoms with Gasteiger partial charge in [-0.15, -0.1) is 0 Å². The first-order valence-corrected chi connectivity index (χ1v) is 8.09. The maximum Gasteiger partial charge on any atom is 0.175 e. The van der Waals surface area contributed by atoms with Gasteiger partial charge in [-0.2, -0.15) is 0 Å². The quantitative estimate of drug-likeness (QED) is 0.766. The minimum absolute atomic E-state index is 0.00929. The van der Waals surface area contributed by atoms with Crippen LogP contribution in [0.4, 0.5) is 0 Å². The van der Waals surface area contributed by atoms with Crippen LogP contribution in [0.5, 0.6) is 0 Å². The molecule has 1 fully saturated rings. The predicted molar refractivity (Wildman–Crippen MR) is 75.3 cm³/mol. The Labute approximate surface area is 111 Å². The SMILES string of the molecule is Cc1cccc(C(=O)CS(=O)CC2CCCC2)c1. The molecular weight excluding hydrogens is 244 g/mol. The van der Waals surface area contributed by atoms with Crippen molar-refractivity contribution in [1.82, 2.24) is 0 Å². The zero-order chi connectivity index (χ0) is 13.0. The third-order valence-corrected chi connectivity index (χ3v) is 4.96. The van der Waals surface area contributed by atoms with Crippen molar-refractivity contribution in [3.8, 4) is 0 Å². The lowest BCUT2D eigenvalue weighted by Gasteiger charge is -2.08. The molecule has 0 radical (unpaired) electrons. The maximum absolute atomic E-state index is 12.0. The van der Waals surface area contributed by atoms with Crippen molar-refractivity contribution >= 4 is 16.6 Å².